The minimum atomic E-state index is 0.0475. The van der Waals surface area contributed by atoms with Gasteiger partial charge in [-0.05, 0) is 19.1 Å². The van der Waals surface area contributed by atoms with Gasteiger partial charge in [-0.1, -0.05) is 0 Å². The highest BCUT2D eigenvalue weighted by Crippen LogP contribution is 2.25. The number of carbonyl (C=O) groups excluding carboxylic acids is 1. The first-order chi connectivity index (χ1) is 8.27. The van der Waals surface area contributed by atoms with E-state index < -0.39 is 0 Å². The van der Waals surface area contributed by atoms with Crippen molar-refractivity contribution in [3.05, 3.63) is 41.8 Å². The summed E-state index contributed by atoms with van der Waals surface area (Å²) >= 11 is 1.52. The van der Waals surface area contributed by atoms with E-state index in [9.17, 15) is 4.79 Å². The minimum Gasteiger partial charge on any atom is -0.294 e. The van der Waals surface area contributed by atoms with E-state index in [4.69, 9.17) is 0 Å². The highest BCUT2D eigenvalue weighted by atomic mass is 32.1. The average Bonchev–Trinajstić information content (AvgIpc) is 2.95. The maximum Gasteiger partial charge on any atom is 0.162 e. The molecule has 0 aliphatic carbocycles. The first-order valence-electron chi connectivity index (χ1n) is 5.13. The summed E-state index contributed by atoms with van der Waals surface area (Å²) < 4.78 is 1.91. The van der Waals surface area contributed by atoms with Crippen molar-refractivity contribution in [1.82, 2.24) is 14.5 Å². The van der Waals surface area contributed by atoms with E-state index in [2.05, 4.69) is 9.97 Å². The number of carbonyl (C=O) groups is 1. The molecule has 0 radical (unpaired) electrons. The summed E-state index contributed by atoms with van der Waals surface area (Å²) in [6.07, 6.45) is 5.32. The normalized spacial score (nSPS) is 10.9. The fourth-order valence-electron chi connectivity index (χ4n) is 1.84. The summed E-state index contributed by atoms with van der Waals surface area (Å²) in [5.74, 6) is 0.0475. The molecule has 0 aromatic carbocycles. The molecule has 3 aromatic heterocycles. The first kappa shape index (κ1) is 10.2. The summed E-state index contributed by atoms with van der Waals surface area (Å²) in [6, 6.07) is 3.75. The lowest BCUT2D eigenvalue weighted by molar-refractivity contribution is 0.101. The van der Waals surface area contributed by atoms with Crippen LogP contribution in [0, 0.1) is 0 Å². The number of hydrogen-bond acceptors (Lipinski definition) is 4. The zero-order chi connectivity index (χ0) is 11.8. The van der Waals surface area contributed by atoms with Gasteiger partial charge in [0.1, 0.15) is 10.6 Å². The average molecular weight is 243 g/mol. The van der Waals surface area contributed by atoms with Gasteiger partial charge in [-0.2, -0.15) is 0 Å². The molecule has 0 atom stereocenters. The van der Waals surface area contributed by atoms with Crippen LogP contribution in [-0.2, 0) is 0 Å². The predicted octanol–water partition coefficient (Wildman–Crippen LogP) is 2.68. The van der Waals surface area contributed by atoms with Crippen molar-refractivity contribution in [3.8, 4) is 5.00 Å². The van der Waals surface area contributed by atoms with Crippen LogP contribution in [0.2, 0.25) is 0 Å². The van der Waals surface area contributed by atoms with Crippen LogP contribution in [0.4, 0.5) is 0 Å². The molecule has 17 heavy (non-hydrogen) atoms. The third kappa shape index (κ3) is 1.55. The van der Waals surface area contributed by atoms with Crippen LogP contribution in [0.5, 0.6) is 0 Å². The Labute approximate surface area is 102 Å². The Morgan fingerprint density at radius 2 is 2.35 bits per heavy atom. The number of rotatable bonds is 2. The number of nitrogens with zero attached hydrogens (tertiary/aromatic N) is 3. The molecule has 3 aromatic rings. The summed E-state index contributed by atoms with van der Waals surface area (Å²) in [5, 5.41) is 1.84. The quantitative estimate of drug-likeness (QED) is 0.650. The molecule has 0 saturated carbocycles. The molecule has 0 aliphatic heterocycles. The van der Waals surface area contributed by atoms with Crippen LogP contribution in [-0.4, -0.2) is 20.3 Å². The van der Waals surface area contributed by atoms with Gasteiger partial charge in [0.25, 0.3) is 0 Å². The van der Waals surface area contributed by atoms with Gasteiger partial charge in [-0.25, -0.2) is 4.98 Å². The molecule has 0 unspecified atom stereocenters. The smallest absolute Gasteiger partial charge is 0.162 e. The van der Waals surface area contributed by atoms with Crippen molar-refractivity contribution in [2.45, 2.75) is 6.92 Å². The van der Waals surface area contributed by atoms with Crippen LogP contribution in [0.25, 0.3) is 16.0 Å². The molecule has 0 aliphatic rings. The van der Waals surface area contributed by atoms with Crippen molar-refractivity contribution in [2.24, 2.45) is 0 Å². The molecule has 84 valence electrons. The van der Waals surface area contributed by atoms with Crippen molar-refractivity contribution >= 4 is 28.2 Å². The zero-order valence-electron chi connectivity index (χ0n) is 9.12. The molecule has 0 saturated heterocycles. The van der Waals surface area contributed by atoms with E-state index >= 15 is 0 Å². The number of hydrogen-bond donors (Lipinski definition) is 0. The fraction of sp³-hybridized carbons (Fsp3) is 0.0833. The standard InChI is InChI=1S/C12H9N3OS/c1-8(16)10-6-15(11-5-13-7-17-11)12-9(10)3-2-4-14-12/h2-7H,1H3. The van der Waals surface area contributed by atoms with Crippen molar-refractivity contribution in [1.29, 1.82) is 0 Å². The van der Waals surface area contributed by atoms with Gasteiger partial charge >= 0.3 is 0 Å². The number of ketones is 1. The Balaban J connectivity index is 2.37. The van der Waals surface area contributed by atoms with Gasteiger partial charge in [-0.3, -0.25) is 14.3 Å². The molecule has 4 nitrogen and oxygen atoms in total. The molecule has 3 rings (SSSR count). The predicted molar refractivity (Wildman–Crippen MR) is 66.7 cm³/mol. The molecule has 0 spiro atoms. The summed E-state index contributed by atoms with van der Waals surface area (Å²) in [5.41, 5.74) is 3.25. The summed E-state index contributed by atoms with van der Waals surface area (Å²) in [4.78, 5) is 20.0. The lowest BCUT2D eigenvalue weighted by Crippen LogP contribution is -1.90. The molecule has 0 bridgehead atoms. The Kier molecular flexibility index (Phi) is 2.26. The number of Topliss-reactive ketones (excluding diaryl/α,β-unsaturated/α-hetero) is 1. The second-order valence-corrected chi connectivity index (χ2v) is 4.55. The molecular formula is C12H9N3OS. The SMILES string of the molecule is CC(=O)c1cn(-c2cncs2)c2ncccc12. The zero-order valence-corrected chi connectivity index (χ0v) is 9.94. The highest BCUT2D eigenvalue weighted by Gasteiger charge is 2.13. The lowest BCUT2D eigenvalue weighted by Gasteiger charge is -1.97. The Bertz CT molecular complexity index is 685. The highest BCUT2D eigenvalue weighted by molar-refractivity contribution is 7.12. The summed E-state index contributed by atoms with van der Waals surface area (Å²) in [6.45, 7) is 1.57. The van der Waals surface area contributed by atoms with E-state index in [0.717, 1.165) is 16.0 Å². The van der Waals surface area contributed by atoms with E-state index in [1.807, 2.05) is 22.9 Å². The van der Waals surface area contributed by atoms with Crippen LogP contribution >= 0.6 is 11.3 Å². The minimum absolute atomic E-state index is 0.0475. The van der Waals surface area contributed by atoms with E-state index in [1.54, 1.807) is 24.8 Å². The van der Waals surface area contributed by atoms with Crippen LogP contribution in [0.15, 0.2) is 36.2 Å². The van der Waals surface area contributed by atoms with Gasteiger partial charge in [0, 0.05) is 23.3 Å². The molecule has 0 N–H and O–H groups in total. The summed E-state index contributed by atoms with van der Waals surface area (Å²) in [7, 11) is 0. The number of fused-ring (bicyclic) bond motifs is 1. The Morgan fingerprint density at radius 1 is 1.47 bits per heavy atom. The second-order valence-electron chi connectivity index (χ2n) is 3.68. The third-order valence-corrected chi connectivity index (χ3v) is 3.37. The topological polar surface area (TPSA) is 47.8 Å². The van der Waals surface area contributed by atoms with Crippen molar-refractivity contribution in [3.63, 3.8) is 0 Å². The molecule has 0 fully saturated rings. The number of aromatic nitrogens is 3. The Hall–Kier alpha value is -2.01. The molecule has 3 heterocycles. The Morgan fingerprint density at radius 3 is 3.06 bits per heavy atom. The number of pyridine rings is 1. The van der Waals surface area contributed by atoms with E-state index in [1.165, 1.54) is 11.3 Å². The van der Waals surface area contributed by atoms with Gasteiger partial charge < -0.3 is 0 Å². The van der Waals surface area contributed by atoms with Gasteiger partial charge in [0.15, 0.2) is 5.78 Å². The van der Waals surface area contributed by atoms with Gasteiger partial charge in [0.05, 0.1) is 11.7 Å². The van der Waals surface area contributed by atoms with E-state index in [-0.39, 0.29) is 5.78 Å². The maximum atomic E-state index is 11.6. The van der Waals surface area contributed by atoms with Crippen molar-refractivity contribution in [2.75, 3.05) is 0 Å². The van der Waals surface area contributed by atoms with Crippen LogP contribution in [0.1, 0.15) is 17.3 Å². The van der Waals surface area contributed by atoms with Gasteiger partial charge in [-0.15, -0.1) is 11.3 Å². The lowest BCUT2D eigenvalue weighted by atomic mass is 10.2. The van der Waals surface area contributed by atoms with Gasteiger partial charge in [0.2, 0.25) is 0 Å². The monoisotopic (exact) mass is 243 g/mol. The first-order valence-corrected chi connectivity index (χ1v) is 6.01. The second kappa shape index (κ2) is 3.78. The molecule has 5 heteroatoms. The fourth-order valence-corrected chi connectivity index (χ4v) is 2.44. The number of thiazole rings is 1. The van der Waals surface area contributed by atoms with Crippen molar-refractivity contribution < 1.29 is 4.79 Å². The molecular weight excluding hydrogens is 234 g/mol. The maximum absolute atomic E-state index is 11.6. The third-order valence-electron chi connectivity index (χ3n) is 2.60. The molecule has 0 amide bonds. The van der Waals surface area contributed by atoms with Crippen LogP contribution in [0.3, 0.4) is 0 Å². The van der Waals surface area contributed by atoms with E-state index in [0.29, 0.717) is 5.56 Å². The van der Waals surface area contributed by atoms with Crippen LogP contribution < -0.4 is 0 Å². The largest absolute Gasteiger partial charge is 0.294 e.